The molecule has 0 aromatic heterocycles. The quantitative estimate of drug-likeness (QED) is 0.577. The van der Waals surface area contributed by atoms with Gasteiger partial charge in [-0.25, -0.2) is 0 Å². The fourth-order valence-electron chi connectivity index (χ4n) is 1.14. The van der Waals surface area contributed by atoms with Gasteiger partial charge in [0.25, 0.3) is 0 Å². The molecule has 90 valence electrons. The largest absolute Gasteiger partial charge is 0.480 e. The molecule has 1 saturated heterocycles. The second-order valence-corrected chi connectivity index (χ2v) is 3.55. The van der Waals surface area contributed by atoms with Gasteiger partial charge in [0, 0.05) is 13.2 Å². The molecule has 1 heterocycles. The van der Waals surface area contributed by atoms with Crippen LogP contribution in [0.15, 0.2) is 0 Å². The van der Waals surface area contributed by atoms with Crippen molar-refractivity contribution in [1.82, 2.24) is 0 Å². The molecule has 15 heavy (non-hydrogen) atoms. The minimum atomic E-state index is -0.933. The van der Waals surface area contributed by atoms with Gasteiger partial charge in [-0.15, -0.1) is 0 Å². The molecule has 0 aromatic rings. The van der Waals surface area contributed by atoms with Crippen molar-refractivity contribution < 1.29 is 14.6 Å². The number of carboxylic acids is 1. The standard InChI is InChI=1S/C6H14N2O2.C4H8O/c7-4-2-1-3-5(8)6(9)10;1-2-4-5-3-1/h5H,1-4,7-8H2,(H,9,10);1-4H2/t5-;/m0./s1. The van der Waals surface area contributed by atoms with E-state index >= 15 is 0 Å². The smallest absolute Gasteiger partial charge is 0.320 e. The second kappa shape index (κ2) is 9.89. The second-order valence-electron chi connectivity index (χ2n) is 3.55. The molecule has 1 atom stereocenters. The molecule has 0 radical (unpaired) electrons. The fraction of sp³-hybridized carbons (Fsp3) is 0.900. The van der Waals surface area contributed by atoms with Crippen LogP contribution in [0.3, 0.4) is 0 Å². The van der Waals surface area contributed by atoms with Crippen LogP contribution < -0.4 is 11.5 Å². The first-order valence-electron chi connectivity index (χ1n) is 5.44. The molecule has 0 amide bonds. The molecule has 5 heteroatoms. The molecule has 1 aliphatic rings. The van der Waals surface area contributed by atoms with Crippen LogP contribution >= 0.6 is 0 Å². The zero-order chi connectivity index (χ0) is 11.5. The van der Waals surface area contributed by atoms with Crippen molar-refractivity contribution in [2.24, 2.45) is 11.5 Å². The van der Waals surface area contributed by atoms with Crippen LogP contribution in [0.25, 0.3) is 0 Å². The predicted octanol–water partition coefficient (Wildman–Crippen LogP) is 0.324. The van der Waals surface area contributed by atoms with E-state index in [2.05, 4.69) is 0 Å². The van der Waals surface area contributed by atoms with Gasteiger partial charge >= 0.3 is 5.97 Å². The molecule has 5 N–H and O–H groups in total. The van der Waals surface area contributed by atoms with E-state index in [-0.39, 0.29) is 0 Å². The van der Waals surface area contributed by atoms with Crippen molar-refractivity contribution >= 4 is 5.97 Å². The average molecular weight is 218 g/mol. The minimum Gasteiger partial charge on any atom is -0.480 e. The first-order valence-corrected chi connectivity index (χ1v) is 5.44. The number of carbonyl (C=O) groups is 1. The van der Waals surface area contributed by atoms with Crippen LogP contribution in [-0.2, 0) is 9.53 Å². The summed E-state index contributed by atoms with van der Waals surface area (Å²) in [5, 5.41) is 8.33. The van der Waals surface area contributed by atoms with E-state index in [0.717, 1.165) is 26.1 Å². The Kier molecular flexibility index (Phi) is 9.46. The van der Waals surface area contributed by atoms with E-state index in [1.165, 1.54) is 12.8 Å². The summed E-state index contributed by atoms with van der Waals surface area (Å²) < 4.78 is 4.94. The summed E-state index contributed by atoms with van der Waals surface area (Å²) in [4.78, 5) is 10.1. The highest BCUT2D eigenvalue weighted by atomic mass is 16.5. The van der Waals surface area contributed by atoms with Gasteiger partial charge < -0.3 is 21.3 Å². The molecule has 1 aliphatic heterocycles. The number of aliphatic carboxylic acids is 1. The molecular formula is C10H22N2O3. The molecule has 1 fully saturated rings. The lowest BCUT2D eigenvalue weighted by atomic mass is 10.1. The SMILES string of the molecule is C1CCOC1.NCCCC[C@H](N)C(=O)O. The summed E-state index contributed by atoms with van der Waals surface area (Å²) in [6.07, 6.45) is 4.72. The zero-order valence-electron chi connectivity index (χ0n) is 9.15. The number of nitrogens with two attached hydrogens (primary N) is 2. The van der Waals surface area contributed by atoms with Crippen LogP contribution in [0.4, 0.5) is 0 Å². The topological polar surface area (TPSA) is 98.6 Å². The maximum Gasteiger partial charge on any atom is 0.320 e. The molecule has 0 bridgehead atoms. The molecule has 0 saturated carbocycles. The summed E-state index contributed by atoms with van der Waals surface area (Å²) in [5.41, 5.74) is 10.4. The molecule has 1 rings (SSSR count). The van der Waals surface area contributed by atoms with Crippen molar-refractivity contribution in [2.45, 2.75) is 38.1 Å². The summed E-state index contributed by atoms with van der Waals surface area (Å²) in [5.74, 6) is -0.933. The highest BCUT2D eigenvalue weighted by Gasteiger charge is 2.09. The van der Waals surface area contributed by atoms with Crippen LogP contribution in [0.1, 0.15) is 32.1 Å². The average Bonchev–Trinajstić information content (AvgIpc) is 2.75. The molecule has 0 spiro atoms. The maximum atomic E-state index is 10.1. The van der Waals surface area contributed by atoms with Crippen LogP contribution in [-0.4, -0.2) is 36.9 Å². The highest BCUT2D eigenvalue weighted by Crippen LogP contribution is 1.98. The van der Waals surface area contributed by atoms with Gasteiger partial charge in [0.05, 0.1) is 0 Å². The van der Waals surface area contributed by atoms with E-state index < -0.39 is 12.0 Å². The third-order valence-electron chi connectivity index (χ3n) is 2.11. The Morgan fingerprint density at radius 1 is 1.33 bits per heavy atom. The van der Waals surface area contributed by atoms with Gasteiger partial charge in [0.15, 0.2) is 0 Å². The van der Waals surface area contributed by atoms with Crippen LogP contribution in [0, 0.1) is 0 Å². The number of unbranched alkanes of at least 4 members (excludes halogenated alkanes) is 1. The summed E-state index contributed by atoms with van der Waals surface area (Å²) in [6, 6.07) is -0.716. The van der Waals surface area contributed by atoms with E-state index in [4.69, 9.17) is 21.3 Å². The lowest BCUT2D eigenvalue weighted by molar-refractivity contribution is -0.138. The molecule has 0 unspecified atom stereocenters. The lowest BCUT2D eigenvalue weighted by Gasteiger charge is -2.03. The molecular weight excluding hydrogens is 196 g/mol. The van der Waals surface area contributed by atoms with E-state index in [9.17, 15) is 4.79 Å². The van der Waals surface area contributed by atoms with E-state index in [1.807, 2.05) is 0 Å². The Morgan fingerprint density at radius 3 is 2.27 bits per heavy atom. The Morgan fingerprint density at radius 2 is 1.93 bits per heavy atom. The number of ether oxygens (including phenoxy) is 1. The van der Waals surface area contributed by atoms with E-state index in [0.29, 0.717) is 13.0 Å². The third kappa shape index (κ3) is 9.65. The molecule has 0 aliphatic carbocycles. The van der Waals surface area contributed by atoms with Crippen LogP contribution in [0.5, 0.6) is 0 Å². The zero-order valence-corrected chi connectivity index (χ0v) is 9.15. The molecule has 0 aromatic carbocycles. The Labute approximate surface area is 90.8 Å². The fourth-order valence-corrected chi connectivity index (χ4v) is 1.14. The minimum absolute atomic E-state index is 0.520. The summed E-state index contributed by atoms with van der Waals surface area (Å²) in [6.45, 7) is 2.60. The first-order chi connectivity index (χ1) is 7.18. The highest BCUT2D eigenvalue weighted by molar-refractivity contribution is 5.72. The van der Waals surface area contributed by atoms with Crippen LogP contribution in [0.2, 0.25) is 0 Å². The van der Waals surface area contributed by atoms with Gasteiger partial charge in [0.2, 0.25) is 0 Å². The number of hydrogen-bond donors (Lipinski definition) is 3. The Balaban J connectivity index is 0.000000322. The van der Waals surface area contributed by atoms with Gasteiger partial charge in [-0.05, 0) is 32.2 Å². The Hall–Kier alpha value is -0.650. The van der Waals surface area contributed by atoms with Gasteiger partial charge in [-0.1, -0.05) is 6.42 Å². The van der Waals surface area contributed by atoms with E-state index in [1.54, 1.807) is 0 Å². The first kappa shape index (κ1) is 14.3. The third-order valence-corrected chi connectivity index (χ3v) is 2.11. The van der Waals surface area contributed by atoms with Crippen molar-refractivity contribution in [3.8, 4) is 0 Å². The number of carboxylic acid groups (broad SMARTS) is 1. The predicted molar refractivity (Wildman–Crippen MR) is 58.6 cm³/mol. The van der Waals surface area contributed by atoms with Gasteiger partial charge in [-0.2, -0.15) is 0 Å². The van der Waals surface area contributed by atoms with Crippen molar-refractivity contribution in [3.63, 3.8) is 0 Å². The molecule has 5 nitrogen and oxygen atoms in total. The monoisotopic (exact) mass is 218 g/mol. The maximum absolute atomic E-state index is 10.1. The normalized spacial score (nSPS) is 16.7. The number of hydrogen-bond acceptors (Lipinski definition) is 4. The van der Waals surface area contributed by atoms with Crippen molar-refractivity contribution in [1.29, 1.82) is 0 Å². The summed E-state index contributed by atoms with van der Waals surface area (Å²) in [7, 11) is 0. The van der Waals surface area contributed by atoms with Gasteiger partial charge in [-0.3, -0.25) is 4.79 Å². The number of rotatable bonds is 5. The van der Waals surface area contributed by atoms with Gasteiger partial charge in [0.1, 0.15) is 6.04 Å². The van der Waals surface area contributed by atoms with Crippen molar-refractivity contribution in [3.05, 3.63) is 0 Å². The Bertz CT molecular complexity index is 153. The lowest BCUT2D eigenvalue weighted by Crippen LogP contribution is -2.29. The van der Waals surface area contributed by atoms with Crippen molar-refractivity contribution in [2.75, 3.05) is 19.8 Å². The summed E-state index contributed by atoms with van der Waals surface area (Å²) >= 11 is 0.